The van der Waals surface area contributed by atoms with Gasteiger partial charge in [-0.25, -0.2) is 4.52 Å². The number of aromatic nitrogens is 3. The van der Waals surface area contributed by atoms with Crippen LogP contribution in [0.15, 0.2) is 47.9 Å². The number of nitrogens with one attached hydrogen (secondary N) is 3. The molecule has 1 atom stereocenters. The van der Waals surface area contributed by atoms with E-state index in [9.17, 15) is 4.79 Å². The van der Waals surface area contributed by atoms with Crippen LogP contribution in [0, 0.1) is 5.41 Å². The zero-order valence-electron chi connectivity index (χ0n) is 18.8. The lowest BCUT2D eigenvalue weighted by Gasteiger charge is -2.25. The molecule has 4 heterocycles. The number of fused-ring (bicyclic) bond motifs is 5. The van der Waals surface area contributed by atoms with Gasteiger partial charge in [0, 0.05) is 60.6 Å². The van der Waals surface area contributed by atoms with Gasteiger partial charge in [0.1, 0.15) is 6.61 Å². The maximum atomic E-state index is 12.4. The average molecular weight is 446 g/mol. The number of ether oxygens (including phenoxy) is 1. The third-order valence-electron chi connectivity index (χ3n) is 6.29. The van der Waals surface area contributed by atoms with E-state index in [0.29, 0.717) is 37.6 Å². The van der Waals surface area contributed by atoms with Crippen molar-refractivity contribution in [3.8, 4) is 17.0 Å². The molecular formula is C24H27N7O2. The fourth-order valence-corrected chi connectivity index (χ4v) is 4.29. The molecule has 2 aromatic heterocycles. The molecule has 0 aliphatic carbocycles. The summed E-state index contributed by atoms with van der Waals surface area (Å²) in [6.07, 6.45) is 6.33. The molecule has 1 unspecified atom stereocenters. The Hall–Kier alpha value is -3.88. The fraction of sp³-hybridized carbons (Fsp3) is 0.333. The summed E-state index contributed by atoms with van der Waals surface area (Å²) in [7, 11) is 0. The first-order chi connectivity index (χ1) is 16.0. The van der Waals surface area contributed by atoms with Crippen molar-refractivity contribution in [1.29, 1.82) is 5.41 Å². The second-order valence-electron chi connectivity index (χ2n) is 8.49. The monoisotopic (exact) mass is 445 g/mol. The van der Waals surface area contributed by atoms with E-state index < -0.39 is 0 Å². The first kappa shape index (κ1) is 21.0. The number of nitrogens with zero attached hydrogens (tertiary/aromatic N) is 4. The molecule has 4 bridgehead atoms. The van der Waals surface area contributed by atoms with Crippen LogP contribution in [0.4, 0.5) is 11.4 Å². The molecular weight excluding hydrogens is 418 g/mol. The van der Waals surface area contributed by atoms with Gasteiger partial charge in [-0.2, -0.15) is 10.1 Å². The Morgan fingerprint density at radius 2 is 2.21 bits per heavy atom. The molecule has 0 radical (unpaired) electrons. The fourth-order valence-electron chi connectivity index (χ4n) is 4.29. The van der Waals surface area contributed by atoms with Gasteiger partial charge in [0.25, 0.3) is 0 Å². The zero-order chi connectivity index (χ0) is 22.9. The van der Waals surface area contributed by atoms with Crippen molar-refractivity contribution in [1.82, 2.24) is 19.5 Å². The molecule has 2 aliphatic heterocycles. The highest BCUT2D eigenvalue weighted by atomic mass is 16.5. The van der Waals surface area contributed by atoms with Gasteiger partial charge in [-0.3, -0.25) is 4.79 Å². The van der Waals surface area contributed by atoms with E-state index in [2.05, 4.69) is 21.8 Å². The molecule has 5 rings (SSSR count). The average Bonchev–Trinajstić information content (AvgIpc) is 3.39. The summed E-state index contributed by atoms with van der Waals surface area (Å²) in [5.74, 6) is 0.687. The molecule has 3 aromatic rings. The Labute approximate surface area is 192 Å². The zero-order valence-corrected chi connectivity index (χ0v) is 18.8. The Morgan fingerprint density at radius 1 is 1.33 bits per heavy atom. The number of anilines is 2. The number of amides is 1. The molecule has 33 heavy (non-hydrogen) atoms. The number of carbonyl (C=O) groups is 1. The number of benzene rings is 1. The first-order valence-electron chi connectivity index (χ1n) is 11.1. The second kappa shape index (κ2) is 8.57. The van der Waals surface area contributed by atoms with Crippen molar-refractivity contribution in [2.24, 2.45) is 0 Å². The van der Waals surface area contributed by atoms with E-state index in [1.807, 2.05) is 43.3 Å². The number of hydrogen-bond donors (Lipinski definition) is 3. The van der Waals surface area contributed by atoms with E-state index in [0.717, 1.165) is 40.2 Å². The predicted molar refractivity (Wildman–Crippen MR) is 128 cm³/mol. The summed E-state index contributed by atoms with van der Waals surface area (Å²) in [6, 6.07) is 7.99. The normalized spacial score (nSPS) is 18.8. The maximum Gasteiger partial charge on any atom is 0.223 e. The Bertz CT molecular complexity index is 1260. The van der Waals surface area contributed by atoms with Crippen molar-refractivity contribution in [2.45, 2.75) is 32.7 Å². The van der Waals surface area contributed by atoms with Gasteiger partial charge in [0.15, 0.2) is 5.65 Å². The molecule has 1 fully saturated rings. The van der Waals surface area contributed by atoms with Crippen LogP contribution in [-0.2, 0) is 4.79 Å². The quantitative estimate of drug-likeness (QED) is 0.532. The highest BCUT2D eigenvalue weighted by Gasteiger charge is 2.31. The van der Waals surface area contributed by atoms with Crippen LogP contribution >= 0.6 is 0 Å². The summed E-state index contributed by atoms with van der Waals surface area (Å²) in [5.41, 5.74) is 6.14. The second-order valence-corrected chi connectivity index (χ2v) is 8.49. The largest absolute Gasteiger partial charge is 0.475 e. The highest BCUT2D eigenvalue weighted by Crippen LogP contribution is 2.31. The predicted octanol–water partition coefficient (Wildman–Crippen LogP) is 3.55. The van der Waals surface area contributed by atoms with Gasteiger partial charge in [-0.1, -0.05) is 0 Å². The first-order valence-corrected chi connectivity index (χ1v) is 11.1. The van der Waals surface area contributed by atoms with Gasteiger partial charge in [-0.15, -0.1) is 0 Å². The standard InChI is InChI=1S/C24H27N7O2/c1-15(12-25)16(2)28-19-10-17-9-18(11-19)26-6-8-30-20(3-4-23(30)32)14-33-22-5-7-31-24(29-22)21(17)13-27-31/h5,7,9-13,20,25-26,28H,3-4,6,8,14H2,1-2H3/b16-15-,25-12?. The molecule has 2 aliphatic rings. The van der Waals surface area contributed by atoms with Crippen LogP contribution in [0.1, 0.15) is 26.7 Å². The van der Waals surface area contributed by atoms with Crippen molar-refractivity contribution >= 4 is 29.1 Å². The van der Waals surface area contributed by atoms with E-state index in [4.69, 9.17) is 15.1 Å². The molecule has 1 aromatic carbocycles. The maximum absolute atomic E-state index is 12.4. The number of hydrogen-bond acceptors (Lipinski definition) is 7. The van der Waals surface area contributed by atoms with E-state index in [1.165, 1.54) is 6.21 Å². The summed E-state index contributed by atoms with van der Waals surface area (Å²) >= 11 is 0. The van der Waals surface area contributed by atoms with Crippen molar-refractivity contribution < 1.29 is 9.53 Å². The Morgan fingerprint density at radius 3 is 3.06 bits per heavy atom. The van der Waals surface area contributed by atoms with Gasteiger partial charge in [0.2, 0.25) is 11.8 Å². The molecule has 9 nitrogen and oxygen atoms in total. The van der Waals surface area contributed by atoms with Crippen LogP contribution in [0.5, 0.6) is 5.88 Å². The molecule has 1 saturated heterocycles. The molecule has 3 N–H and O–H groups in total. The summed E-state index contributed by atoms with van der Waals surface area (Å²) < 4.78 is 7.74. The smallest absolute Gasteiger partial charge is 0.223 e. The molecule has 1 amide bonds. The van der Waals surface area contributed by atoms with Crippen molar-refractivity contribution in [2.75, 3.05) is 30.3 Å². The highest BCUT2D eigenvalue weighted by molar-refractivity contribution is 5.83. The minimum atomic E-state index is 0.0464. The van der Waals surface area contributed by atoms with Gasteiger partial charge in [0.05, 0.1) is 12.2 Å². The van der Waals surface area contributed by atoms with Crippen molar-refractivity contribution in [3.05, 3.63) is 47.9 Å². The lowest BCUT2D eigenvalue weighted by Crippen LogP contribution is -2.40. The minimum absolute atomic E-state index is 0.0464. The third-order valence-corrected chi connectivity index (χ3v) is 6.29. The van der Waals surface area contributed by atoms with Crippen molar-refractivity contribution in [3.63, 3.8) is 0 Å². The molecule has 170 valence electrons. The molecule has 9 heteroatoms. The summed E-state index contributed by atoms with van der Waals surface area (Å²) in [6.45, 7) is 5.52. The Balaban J connectivity index is 1.59. The number of rotatable bonds is 3. The van der Waals surface area contributed by atoms with Crippen LogP contribution in [0.25, 0.3) is 16.8 Å². The number of carbonyl (C=O) groups excluding carboxylic acids is 1. The molecule has 0 saturated carbocycles. The number of allylic oxidation sites excluding steroid dienone is 2. The van der Waals surface area contributed by atoms with Gasteiger partial charge < -0.3 is 25.7 Å². The summed E-state index contributed by atoms with van der Waals surface area (Å²) in [4.78, 5) is 19.1. The van der Waals surface area contributed by atoms with E-state index in [-0.39, 0.29) is 11.9 Å². The Kier molecular flexibility index (Phi) is 5.45. The molecule has 0 spiro atoms. The summed E-state index contributed by atoms with van der Waals surface area (Å²) in [5, 5.41) is 18.9. The van der Waals surface area contributed by atoms with Crippen LogP contribution in [-0.4, -0.2) is 57.4 Å². The topological polar surface area (TPSA) is 108 Å². The van der Waals surface area contributed by atoms with Crippen LogP contribution in [0.3, 0.4) is 0 Å². The third kappa shape index (κ3) is 4.13. The van der Waals surface area contributed by atoms with Crippen LogP contribution in [0.2, 0.25) is 0 Å². The van der Waals surface area contributed by atoms with Gasteiger partial charge in [-0.05, 0) is 49.6 Å². The van der Waals surface area contributed by atoms with E-state index >= 15 is 0 Å². The SMILES string of the molecule is C/C(C=N)=C(\C)Nc1cc2cc(c1)-c1cnn3ccc(nc13)OCC1CCC(=O)N1CCN2. The minimum Gasteiger partial charge on any atom is -0.475 e. The van der Waals surface area contributed by atoms with Gasteiger partial charge >= 0.3 is 0 Å². The van der Waals surface area contributed by atoms with Crippen LogP contribution < -0.4 is 15.4 Å². The lowest BCUT2D eigenvalue weighted by atomic mass is 10.1. The lowest BCUT2D eigenvalue weighted by molar-refractivity contribution is -0.129. The van der Waals surface area contributed by atoms with E-state index in [1.54, 1.807) is 10.6 Å².